The maximum Gasteiger partial charge on any atom is 0.0832 e. The molecule has 2 aromatic carbocycles. The van der Waals surface area contributed by atoms with Crippen LogP contribution in [0.25, 0.3) is 0 Å². The van der Waals surface area contributed by atoms with Crippen molar-refractivity contribution in [2.45, 2.75) is 5.41 Å². The lowest BCUT2D eigenvalue weighted by Crippen LogP contribution is -2.33. The predicted octanol–water partition coefficient (Wildman–Crippen LogP) is 3.34. The van der Waals surface area contributed by atoms with Crippen molar-refractivity contribution in [3.05, 3.63) is 95.8 Å². The zero-order valence-electron chi connectivity index (χ0n) is 11.2. The molecular formula is C18H17NO. The lowest BCUT2D eigenvalue weighted by molar-refractivity contribution is 0.240. The smallest absolute Gasteiger partial charge is 0.0832 e. The van der Waals surface area contributed by atoms with Gasteiger partial charge in [0.25, 0.3) is 0 Å². The predicted molar refractivity (Wildman–Crippen MR) is 80.6 cm³/mol. The van der Waals surface area contributed by atoms with Gasteiger partial charge in [-0.25, -0.2) is 0 Å². The van der Waals surface area contributed by atoms with Gasteiger partial charge in [0, 0.05) is 11.9 Å². The normalized spacial score (nSPS) is 11.4. The summed E-state index contributed by atoms with van der Waals surface area (Å²) in [6, 6.07) is 24.2. The Labute approximate surface area is 118 Å². The van der Waals surface area contributed by atoms with Crippen LogP contribution in [0.1, 0.15) is 16.8 Å². The SMILES string of the molecule is OCC(c1ccccc1)(c1ccccc1)c1ccc[nH]1. The third kappa shape index (κ3) is 1.95. The number of hydrogen-bond donors (Lipinski definition) is 2. The molecule has 0 amide bonds. The average Bonchev–Trinajstić information content (AvgIpc) is 3.06. The fraction of sp³-hybridized carbons (Fsp3) is 0.111. The molecule has 20 heavy (non-hydrogen) atoms. The molecule has 2 N–H and O–H groups in total. The summed E-state index contributed by atoms with van der Waals surface area (Å²) < 4.78 is 0. The van der Waals surface area contributed by atoms with E-state index in [1.165, 1.54) is 0 Å². The molecule has 0 aliphatic rings. The fourth-order valence-electron chi connectivity index (χ4n) is 2.79. The second kappa shape index (κ2) is 5.35. The van der Waals surface area contributed by atoms with Gasteiger partial charge in [0.05, 0.1) is 12.0 Å². The first kappa shape index (κ1) is 12.7. The number of benzene rings is 2. The van der Waals surface area contributed by atoms with E-state index >= 15 is 0 Å². The number of nitrogens with one attached hydrogen (secondary N) is 1. The van der Waals surface area contributed by atoms with E-state index in [1.54, 1.807) is 0 Å². The van der Waals surface area contributed by atoms with Crippen LogP contribution >= 0.6 is 0 Å². The first-order valence-corrected chi connectivity index (χ1v) is 6.74. The Morgan fingerprint density at radius 3 is 1.70 bits per heavy atom. The molecule has 0 saturated heterocycles. The molecule has 100 valence electrons. The molecule has 1 aromatic heterocycles. The van der Waals surface area contributed by atoms with Gasteiger partial charge in [-0.1, -0.05) is 60.7 Å². The van der Waals surface area contributed by atoms with E-state index in [1.807, 2.05) is 54.7 Å². The number of rotatable bonds is 4. The lowest BCUT2D eigenvalue weighted by Gasteiger charge is -2.32. The molecule has 0 aliphatic carbocycles. The van der Waals surface area contributed by atoms with Gasteiger partial charge in [-0.3, -0.25) is 0 Å². The standard InChI is InChI=1S/C18H17NO/c20-14-18(17-12-7-13-19-17,15-8-3-1-4-9-15)16-10-5-2-6-11-16/h1-13,19-20H,14H2. The maximum absolute atomic E-state index is 10.2. The second-order valence-electron chi connectivity index (χ2n) is 4.88. The summed E-state index contributed by atoms with van der Waals surface area (Å²) in [5.74, 6) is 0. The molecule has 3 rings (SSSR count). The highest BCUT2D eigenvalue weighted by atomic mass is 16.3. The average molecular weight is 263 g/mol. The lowest BCUT2D eigenvalue weighted by atomic mass is 9.72. The Bertz CT molecular complexity index is 605. The highest BCUT2D eigenvalue weighted by molar-refractivity contribution is 5.48. The van der Waals surface area contributed by atoms with Crippen molar-refractivity contribution < 1.29 is 5.11 Å². The van der Waals surface area contributed by atoms with Crippen molar-refractivity contribution in [2.75, 3.05) is 6.61 Å². The monoisotopic (exact) mass is 263 g/mol. The van der Waals surface area contributed by atoms with Gasteiger partial charge in [-0.05, 0) is 23.3 Å². The molecule has 2 heteroatoms. The van der Waals surface area contributed by atoms with Crippen LogP contribution in [0.2, 0.25) is 0 Å². The van der Waals surface area contributed by atoms with E-state index in [-0.39, 0.29) is 6.61 Å². The fourth-order valence-corrected chi connectivity index (χ4v) is 2.79. The Morgan fingerprint density at radius 2 is 1.30 bits per heavy atom. The van der Waals surface area contributed by atoms with Gasteiger partial charge in [0.1, 0.15) is 0 Å². The minimum atomic E-state index is -0.550. The van der Waals surface area contributed by atoms with Gasteiger partial charge in [0.15, 0.2) is 0 Å². The van der Waals surface area contributed by atoms with Gasteiger partial charge < -0.3 is 10.1 Å². The molecule has 3 aromatic rings. The van der Waals surface area contributed by atoms with E-state index in [2.05, 4.69) is 29.2 Å². The number of hydrogen-bond acceptors (Lipinski definition) is 1. The summed E-state index contributed by atoms with van der Waals surface area (Å²) in [5, 5.41) is 10.2. The van der Waals surface area contributed by atoms with Gasteiger partial charge in [0.2, 0.25) is 0 Å². The van der Waals surface area contributed by atoms with Crippen molar-refractivity contribution in [3.63, 3.8) is 0 Å². The highest BCUT2D eigenvalue weighted by Gasteiger charge is 2.36. The topological polar surface area (TPSA) is 36.0 Å². The number of aromatic nitrogens is 1. The van der Waals surface area contributed by atoms with Crippen LogP contribution in [0.5, 0.6) is 0 Å². The molecule has 0 saturated carbocycles. The van der Waals surface area contributed by atoms with Crippen molar-refractivity contribution in [2.24, 2.45) is 0 Å². The van der Waals surface area contributed by atoms with Gasteiger partial charge >= 0.3 is 0 Å². The van der Waals surface area contributed by atoms with Crippen molar-refractivity contribution in [3.8, 4) is 0 Å². The molecule has 0 atom stereocenters. The Kier molecular flexibility index (Phi) is 3.40. The molecule has 2 nitrogen and oxygen atoms in total. The van der Waals surface area contributed by atoms with Crippen LogP contribution in [-0.4, -0.2) is 16.7 Å². The summed E-state index contributed by atoms with van der Waals surface area (Å²) >= 11 is 0. The zero-order chi connectivity index (χ0) is 13.8. The van der Waals surface area contributed by atoms with Gasteiger partial charge in [-0.15, -0.1) is 0 Å². The molecular weight excluding hydrogens is 246 g/mol. The van der Waals surface area contributed by atoms with Crippen molar-refractivity contribution in [1.82, 2.24) is 4.98 Å². The summed E-state index contributed by atoms with van der Waals surface area (Å²) in [6.45, 7) is 0.0154. The van der Waals surface area contributed by atoms with E-state index in [4.69, 9.17) is 0 Å². The Hall–Kier alpha value is -2.32. The van der Waals surface area contributed by atoms with Gasteiger partial charge in [-0.2, -0.15) is 0 Å². The minimum Gasteiger partial charge on any atom is -0.395 e. The van der Waals surface area contributed by atoms with Crippen LogP contribution in [0.4, 0.5) is 0 Å². The second-order valence-corrected chi connectivity index (χ2v) is 4.88. The number of aliphatic hydroxyl groups is 1. The van der Waals surface area contributed by atoms with Crippen LogP contribution in [0.3, 0.4) is 0 Å². The summed E-state index contributed by atoms with van der Waals surface area (Å²) in [6.07, 6.45) is 1.89. The summed E-state index contributed by atoms with van der Waals surface area (Å²) in [4.78, 5) is 3.27. The molecule has 1 heterocycles. The third-order valence-corrected chi connectivity index (χ3v) is 3.83. The molecule has 0 fully saturated rings. The molecule has 0 bridgehead atoms. The zero-order valence-corrected chi connectivity index (χ0v) is 11.2. The Balaban J connectivity index is 2.27. The largest absolute Gasteiger partial charge is 0.395 e. The maximum atomic E-state index is 10.2. The van der Waals surface area contributed by atoms with Crippen LogP contribution < -0.4 is 0 Å². The van der Waals surface area contributed by atoms with E-state index in [0.717, 1.165) is 16.8 Å². The number of H-pyrrole nitrogens is 1. The van der Waals surface area contributed by atoms with E-state index in [0.29, 0.717) is 0 Å². The minimum absolute atomic E-state index is 0.0154. The van der Waals surface area contributed by atoms with Crippen LogP contribution in [-0.2, 0) is 5.41 Å². The summed E-state index contributed by atoms with van der Waals surface area (Å²) in [5.41, 5.74) is 2.61. The number of aromatic amines is 1. The van der Waals surface area contributed by atoms with Crippen LogP contribution in [0.15, 0.2) is 79.0 Å². The van der Waals surface area contributed by atoms with E-state index < -0.39 is 5.41 Å². The highest BCUT2D eigenvalue weighted by Crippen LogP contribution is 2.37. The summed E-state index contributed by atoms with van der Waals surface area (Å²) in [7, 11) is 0. The first-order chi connectivity index (χ1) is 9.88. The molecule has 0 radical (unpaired) electrons. The van der Waals surface area contributed by atoms with Crippen LogP contribution in [0, 0.1) is 0 Å². The molecule has 0 unspecified atom stereocenters. The van der Waals surface area contributed by atoms with E-state index in [9.17, 15) is 5.11 Å². The molecule has 0 spiro atoms. The Morgan fingerprint density at radius 1 is 0.750 bits per heavy atom. The number of aliphatic hydroxyl groups excluding tert-OH is 1. The third-order valence-electron chi connectivity index (χ3n) is 3.83. The first-order valence-electron chi connectivity index (χ1n) is 6.74. The van der Waals surface area contributed by atoms with Crippen molar-refractivity contribution >= 4 is 0 Å². The quantitative estimate of drug-likeness (QED) is 0.744. The van der Waals surface area contributed by atoms with Crippen molar-refractivity contribution in [1.29, 1.82) is 0 Å². The molecule has 0 aliphatic heterocycles.